The molecule has 1 N–H and O–H groups in total. The second kappa shape index (κ2) is 8.55. The monoisotopic (exact) mass is 421 g/mol. The highest BCUT2D eigenvalue weighted by molar-refractivity contribution is 5.92. The summed E-state index contributed by atoms with van der Waals surface area (Å²) in [5.41, 5.74) is 3.67. The zero-order chi connectivity index (χ0) is 21.9. The number of aromatic nitrogens is 2. The first-order valence-electron chi connectivity index (χ1n) is 10.6. The van der Waals surface area contributed by atoms with Crippen molar-refractivity contribution in [1.29, 1.82) is 0 Å². The molecule has 0 bridgehead atoms. The van der Waals surface area contributed by atoms with Gasteiger partial charge in [-0.2, -0.15) is 0 Å². The molecule has 0 radical (unpaired) electrons. The first kappa shape index (κ1) is 19.8. The van der Waals surface area contributed by atoms with Crippen LogP contribution in [0.5, 0.6) is 5.75 Å². The van der Waals surface area contributed by atoms with Crippen molar-refractivity contribution in [2.45, 2.75) is 20.1 Å². The second-order valence-electron chi connectivity index (χ2n) is 7.78. The first-order valence-corrected chi connectivity index (χ1v) is 10.6. The summed E-state index contributed by atoms with van der Waals surface area (Å²) >= 11 is 0. The summed E-state index contributed by atoms with van der Waals surface area (Å²) in [6, 6.07) is 29.7. The summed E-state index contributed by atoms with van der Waals surface area (Å²) in [7, 11) is 0. The van der Waals surface area contributed by atoms with Crippen molar-refractivity contribution in [2.75, 3.05) is 5.32 Å². The van der Waals surface area contributed by atoms with Crippen LogP contribution >= 0.6 is 0 Å². The molecule has 0 saturated carbocycles. The fourth-order valence-corrected chi connectivity index (χ4v) is 3.86. The number of aryl methyl sites for hydroxylation is 1. The Morgan fingerprint density at radius 2 is 1.66 bits per heavy atom. The van der Waals surface area contributed by atoms with Crippen LogP contribution in [0.15, 0.2) is 91.0 Å². The number of carbonyl (C=O) groups is 1. The van der Waals surface area contributed by atoms with Gasteiger partial charge in [-0.05, 0) is 42.6 Å². The Hall–Kier alpha value is -4.12. The topological polar surface area (TPSA) is 56.2 Å². The van der Waals surface area contributed by atoms with Crippen molar-refractivity contribution < 1.29 is 9.53 Å². The predicted molar refractivity (Wildman–Crippen MR) is 128 cm³/mol. The van der Waals surface area contributed by atoms with Crippen LogP contribution < -0.4 is 10.1 Å². The maximum absolute atomic E-state index is 12.8. The lowest BCUT2D eigenvalue weighted by Gasteiger charge is -2.12. The average Bonchev–Trinajstić information content (AvgIpc) is 3.16. The summed E-state index contributed by atoms with van der Waals surface area (Å²) in [5.74, 6) is 1.40. The Morgan fingerprint density at radius 1 is 0.906 bits per heavy atom. The number of fused-ring (bicyclic) bond motifs is 2. The third-order valence-electron chi connectivity index (χ3n) is 5.48. The van der Waals surface area contributed by atoms with Crippen molar-refractivity contribution >= 4 is 33.4 Å². The molecule has 0 aliphatic heterocycles. The van der Waals surface area contributed by atoms with Crippen LogP contribution in [0.3, 0.4) is 0 Å². The van der Waals surface area contributed by atoms with Gasteiger partial charge in [0.1, 0.15) is 24.7 Å². The molecule has 1 amide bonds. The number of para-hydroxylation sites is 2. The Bertz CT molecular complexity index is 1400. The summed E-state index contributed by atoms with van der Waals surface area (Å²) in [6.45, 7) is 2.44. The van der Waals surface area contributed by atoms with Crippen molar-refractivity contribution in [3.63, 3.8) is 0 Å². The molecule has 158 valence electrons. The Morgan fingerprint density at radius 3 is 2.53 bits per heavy atom. The van der Waals surface area contributed by atoms with Crippen molar-refractivity contribution in [2.24, 2.45) is 0 Å². The summed E-state index contributed by atoms with van der Waals surface area (Å²) in [4.78, 5) is 17.5. The lowest BCUT2D eigenvalue weighted by atomic mass is 10.1. The van der Waals surface area contributed by atoms with E-state index in [0.717, 1.165) is 38.8 Å². The van der Waals surface area contributed by atoms with Crippen molar-refractivity contribution in [3.8, 4) is 5.75 Å². The fraction of sp³-hybridized carbons (Fsp3) is 0.111. The highest BCUT2D eigenvalue weighted by atomic mass is 16.5. The van der Waals surface area contributed by atoms with Crippen LogP contribution in [0.1, 0.15) is 11.4 Å². The third-order valence-corrected chi connectivity index (χ3v) is 5.48. The number of amides is 1. The number of nitrogens with one attached hydrogen (secondary N) is 1. The number of hydrogen-bond acceptors (Lipinski definition) is 3. The fourth-order valence-electron chi connectivity index (χ4n) is 3.86. The van der Waals surface area contributed by atoms with Gasteiger partial charge in [0, 0.05) is 11.1 Å². The van der Waals surface area contributed by atoms with Gasteiger partial charge in [-0.3, -0.25) is 4.79 Å². The van der Waals surface area contributed by atoms with Gasteiger partial charge in [0.2, 0.25) is 5.91 Å². The third kappa shape index (κ3) is 4.05. The molecule has 0 spiro atoms. The number of anilines is 1. The van der Waals surface area contributed by atoms with E-state index in [2.05, 4.69) is 17.4 Å². The molecule has 5 heteroatoms. The van der Waals surface area contributed by atoms with Gasteiger partial charge < -0.3 is 14.6 Å². The largest absolute Gasteiger partial charge is 0.485 e. The molecule has 0 unspecified atom stereocenters. The van der Waals surface area contributed by atoms with Gasteiger partial charge in [-0.25, -0.2) is 4.98 Å². The summed E-state index contributed by atoms with van der Waals surface area (Å²) < 4.78 is 8.09. The van der Waals surface area contributed by atoms with E-state index in [9.17, 15) is 4.79 Å². The molecular weight excluding hydrogens is 398 g/mol. The molecule has 1 heterocycles. The highest BCUT2D eigenvalue weighted by Gasteiger charge is 2.15. The van der Waals surface area contributed by atoms with Crippen LogP contribution in [0, 0.1) is 6.92 Å². The molecule has 5 nitrogen and oxygen atoms in total. The Labute approximate surface area is 186 Å². The molecule has 5 rings (SSSR count). The number of benzene rings is 4. The molecule has 0 atom stereocenters. The maximum atomic E-state index is 12.8. The Balaban J connectivity index is 1.41. The van der Waals surface area contributed by atoms with E-state index in [-0.39, 0.29) is 19.1 Å². The van der Waals surface area contributed by atoms with Crippen LogP contribution in [0.25, 0.3) is 21.8 Å². The normalized spacial score (nSPS) is 11.0. The van der Waals surface area contributed by atoms with Gasteiger partial charge in [-0.1, -0.05) is 66.2 Å². The Kier molecular flexibility index (Phi) is 5.30. The van der Waals surface area contributed by atoms with E-state index in [4.69, 9.17) is 9.72 Å². The number of rotatable bonds is 6. The van der Waals surface area contributed by atoms with E-state index in [1.165, 1.54) is 0 Å². The molecular formula is C27H23N3O2. The van der Waals surface area contributed by atoms with Gasteiger partial charge >= 0.3 is 0 Å². The van der Waals surface area contributed by atoms with Gasteiger partial charge in [0.05, 0.1) is 11.0 Å². The first-order chi connectivity index (χ1) is 15.7. The van der Waals surface area contributed by atoms with Crippen molar-refractivity contribution in [3.05, 3.63) is 102 Å². The van der Waals surface area contributed by atoms with Crippen LogP contribution in [-0.4, -0.2) is 15.5 Å². The SMILES string of the molecule is Cc1ccc(NC(=O)Cn2c(COc3cccc4ccccc34)nc3ccccc32)cc1. The smallest absolute Gasteiger partial charge is 0.244 e. The number of hydrogen-bond donors (Lipinski definition) is 1. The quantitative estimate of drug-likeness (QED) is 0.382. The lowest BCUT2D eigenvalue weighted by molar-refractivity contribution is -0.116. The number of nitrogens with zero attached hydrogens (tertiary/aromatic N) is 2. The standard InChI is InChI=1S/C27H23N3O2/c1-19-13-15-21(16-14-19)28-27(31)17-30-24-11-5-4-10-23(24)29-26(30)18-32-25-12-6-8-20-7-2-3-9-22(20)25/h2-16H,17-18H2,1H3,(H,28,31). The van der Waals surface area contributed by atoms with Crippen LogP contribution in [0.4, 0.5) is 5.69 Å². The van der Waals surface area contributed by atoms with Gasteiger partial charge in [0.25, 0.3) is 0 Å². The zero-order valence-corrected chi connectivity index (χ0v) is 17.8. The maximum Gasteiger partial charge on any atom is 0.244 e. The summed E-state index contributed by atoms with van der Waals surface area (Å²) in [6.07, 6.45) is 0. The second-order valence-corrected chi connectivity index (χ2v) is 7.78. The lowest BCUT2D eigenvalue weighted by Crippen LogP contribution is -2.20. The minimum absolute atomic E-state index is 0.108. The van der Waals surface area contributed by atoms with Crippen molar-refractivity contribution in [1.82, 2.24) is 9.55 Å². The summed E-state index contributed by atoms with van der Waals surface area (Å²) in [5, 5.41) is 5.14. The van der Waals surface area contributed by atoms with Crippen LogP contribution in [-0.2, 0) is 17.9 Å². The molecule has 4 aromatic carbocycles. The van der Waals surface area contributed by atoms with E-state index in [1.807, 2.05) is 90.4 Å². The van der Waals surface area contributed by atoms with Gasteiger partial charge in [0.15, 0.2) is 0 Å². The molecule has 5 aromatic rings. The van der Waals surface area contributed by atoms with E-state index >= 15 is 0 Å². The molecule has 0 fully saturated rings. The molecule has 0 aliphatic rings. The molecule has 0 saturated heterocycles. The molecule has 1 aromatic heterocycles. The predicted octanol–water partition coefficient (Wildman–Crippen LogP) is 5.72. The zero-order valence-electron chi connectivity index (χ0n) is 17.8. The number of carbonyl (C=O) groups excluding carboxylic acids is 1. The minimum atomic E-state index is -0.108. The highest BCUT2D eigenvalue weighted by Crippen LogP contribution is 2.26. The van der Waals surface area contributed by atoms with Crippen LogP contribution in [0.2, 0.25) is 0 Å². The molecule has 32 heavy (non-hydrogen) atoms. The van der Waals surface area contributed by atoms with E-state index < -0.39 is 0 Å². The van der Waals surface area contributed by atoms with Gasteiger partial charge in [-0.15, -0.1) is 0 Å². The average molecular weight is 422 g/mol. The number of ether oxygens (including phenoxy) is 1. The minimum Gasteiger partial charge on any atom is -0.485 e. The molecule has 0 aliphatic carbocycles. The van der Waals surface area contributed by atoms with E-state index in [1.54, 1.807) is 0 Å². The number of imidazole rings is 1. The van der Waals surface area contributed by atoms with E-state index in [0.29, 0.717) is 5.82 Å².